The van der Waals surface area contributed by atoms with Gasteiger partial charge < -0.3 is 4.42 Å². The Labute approximate surface area is 114 Å². The van der Waals surface area contributed by atoms with Crippen LogP contribution >= 0.6 is 11.6 Å². The molecule has 0 spiro atoms. The molecule has 0 amide bonds. The molecule has 0 aliphatic heterocycles. The van der Waals surface area contributed by atoms with Crippen molar-refractivity contribution in [1.29, 1.82) is 0 Å². The summed E-state index contributed by atoms with van der Waals surface area (Å²) in [5.41, 5.74) is 2.58. The summed E-state index contributed by atoms with van der Waals surface area (Å²) in [4.78, 5) is 10.7. The Kier molecular flexibility index (Phi) is 2.93. The van der Waals surface area contributed by atoms with Gasteiger partial charge in [0.1, 0.15) is 5.76 Å². The zero-order chi connectivity index (χ0) is 13.2. The average molecular weight is 273 g/mol. The largest absolute Gasteiger partial charge is 0.453 e. The number of hydrogen-bond donors (Lipinski definition) is 1. The minimum Gasteiger partial charge on any atom is -0.453 e. The Morgan fingerprint density at radius 3 is 2.74 bits per heavy atom. The fourth-order valence-corrected chi connectivity index (χ4v) is 2.09. The molecule has 2 heterocycles. The van der Waals surface area contributed by atoms with E-state index in [0.717, 1.165) is 16.8 Å². The van der Waals surface area contributed by atoms with E-state index in [1.807, 2.05) is 12.1 Å². The number of carbonyl (C=O) groups is 1. The predicted octanol–water partition coefficient (Wildman–Crippen LogP) is 3.80. The van der Waals surface area contributed by atoms with Crippen molar-refractivity contribution >= 4 is 17.9 Å². The van der Waals surface area contributed by atoms with Crippen LogP contribution < -0.4 is 0 Å². The van der Waals surface area contributed by atoms with Crippen molar-refractivity contribution in [2.75, 3.05) is 0 Å². The number of nitrogens with zero attached hydrogens (tertiary/aromatic N) is 1. The van der Waals surface area contributed by atoms with E-state index in [9.17, 15) is 4.79 Å². The molecule has 94 valence electrons. The monoisotopic (exact) mass is 272 g/mol. The van der Waals surface area contributed by atoms with Gasteiger partial charge in [-0.05, 0) is 30.3 Å². The summed E-state index contributed by atoms with van der Waals surface area (Å²) >= 11 is 6.03. The van der Waals surface area contributed by atoms with Gasteiger partial charge in [0.25, 0.3) is 0 Å². The van der Waals surface area contributed by atoms with Crippen LogP contribution in [0.3, 0.4) is 0 Å². The van der Waals surface area contributed by atoms with E-state index < -0.39 is 0 Å². The molecule has 0 saturated carbocycles. The van der Waals surface area contributed by atoms with Crippen molar-refractivity contribution in [2.24, 2.45) is 0 Å². The van der Waals surface area contributed by atoms with Crippen molar-refractivity contribution in [2.45, 2.75) is 0 Å². The van der Waals surface area contributed by atoms with Gasteiger partial charge >= 0.3 is 0 Å². The van der Waals surface area contributed by atoms with Crippen LogP contribution in [0.5, 0.6) is 0 Å². The first-order chi connectivity index (χ1) is 9.28. The summed E-state index contributed by atoms with van der Waals surface area (Å²) in [5.74, 6) is 0.875. The minimum atomic E-state index is 0.283. The summed E-state index contributed by atoms with van der Waals surface area (Å²) in [5, 5.41) is 7.43. The van der Waals surface area contributed by atoms with Crippen LogP contribution in [0.1, 0.15) is 10.6 Å². The van der Waals surface area contributed by atoms with Crippen molar-refractivity contribution < 1.29 is 9.21 Å². The topological polar surface area (TPSA) is 58.9 Å². The average Bonchev–Trinajstić information content (AvgIpc) is 3.10. The summed E-state index contributed by atoms with van der Waals surface area (Å²) in [7, 11) is 0. The molecule has 0 aliphatic rings. The lowest BCUT2D eigenvalue weighted by Crippen LogP contribution is -1.84. The molecule has 1 aromatic carbocycles. The third-order valence-corrected chi connectivity index (χ3v) is 3.02. The Balaban J connectivity index is 2.18. The highest BCUT2D eigenvalue weighted by Crippen LogP contribution is 2.34. The first-order valence-electron chi connectivity index (χ1n) is 5.62. The van der Waals surface area contributed by atoms with Gasteiger partial charge in [-0.3, -0.25) is 9.89 Å². The van der Waals surface area contributed by atoms with Gasteiger partial charge in [0, 0.05) is 22.3 Å². The Hall–Kier alpha value is -2.33. The number of halogens is 1. The summed E-state index contributed by atoms with van der Waals surface area (Å²) in [6, 6.07) is 10.7. The lowest BCUT2D eigenvalue weighted by Gasteiger charge is -2.06. The molecule has 4 nitrogen and oxygen atoms in total. The lowest BCUT2D eigenvalue weighted by molar-refractivity contribution is 0.110. The van der Waals surface area contributed by atoms with E-state index in [1.54, 1.807) is 30.5 Å². The molecule has 3 aromatic rings. The van der Waals surface area contributed by atoms with Crippen molar-refractivity contribution in [3.05, 3.63) is 53.4 Å². The number of nitrogens with one attached hydrogen (secondary N) is 1. The number of aromatic amines is 1. The van der Waals surface area contributed by atoms with E-state index in [-0.39, 0.29) is 5.76 Å². The lowest BCUT2D eigenvalue weighted by atomic mass is 10.0. The maximum atomic E-state index is 10.7. The number of H-pyrrole nitrogens is 1. The maximum absolute atomic E-state index is 10.7. The number of aldehydes is 1. The van der Waals surface area contributed by atoms with Gasteiger partial charge in [-0.25, -0.2) is 0 Å². The van der Waals surface area contributed by atoms with Gasteiger partial charge in [0.15, 0.2) is 12.0 Å². The van der Waals surface area contributed by atoms with Crippen molar-refractivity contribution in [1.82, 2.24) is 10.2 Å². The van der Waals surface area contributed by atoms with Gasteiger partial charge in [-0.2, -0.15) is 5.10 Å². The molecule has 19 heavy (non-hydrogen) atoms. The van der Waals surface area contributed by atoms with Crippen LogP contribution in [0, 0.1) is 0 Å². The standard InChI is InChI=1S/C14H9ClN2O2/c15-9-1-3-11(13-5-6-16-17-13)12(7-9)14-4-2-10(8-18)19-14/h1-8H,(H,16,17). The van der Waals surface area contributed by atoms with Gasteiger partial charge in [0.2, 0.25) is 0 Å². The molecule has 2 aromatic heterocycles. The zero-order valence-electron chi connectivity index (χ0n) is 9.76. The summed E-state index contributed by atoms with van der Waals surface area (Å²) in [6.07, 6.45) is 2.34. The Morgan fingerprint density at radius 1 is 1.16 bits per heavy atom. The molecule has 0 fully saturated rings. The molecule has 0 atom stereocenters. The highest BCUT2D eigenvalue weighted by atomic mass is 35.5. The number of carbonyl (C=O) groups excluding carboxylic acids is 1. The van der Waals surface area contributed by atoms with E-state index in [0.29, 0.717) is 17.1 Å². The summed E-state index contributed by atoms with van der Waals surface area (Å²) < 4.78 is 5.45. The minimum absolute atomic E-state index is 0.283. The van der Waals surface area contributed by atoms with Gasteiger partial charge in [-0.15, -0.1) is 0 Å². The van der Waals surface area contributed by atoms with Crippen molar-refractivity contribution in [3.63, 3.8) is 0 Å². The van der Waals surface area contributed by atoms with Crippen LogP contribution in [0.4, 0.5) is 0 Å². The SMILES string of the molecule is O=Cc1ccc(-c2cc(Cl)ccc2-c2ccn[nH]2)o1. The number of furan rings is 1. The first kappa shape index (κ1) is 11.7. The third kappa shape index (κ3) is 2.18. The number of aromatic nitrogens is 2. The molecule has 3 rings (SSSR count). The van der Waals surface area contributed by atoms with Gasteiger partial charge in [0.05, 0.1) is 5.69 Å². The van der Waals surface area contributed by atoms with Crippen LogP contribution in [0.25, 0.3) is 22.6 Å². The Morgan fingerprint density at radius 2 is 2.05 bits per heavy atom. The fraction of sp³-hybridized carbons (Fsp3) is 0. The molecule has 5 heteroatoms. The third-order valence-electron chi connectivity index (χ3n) is 2.78. The zero-order valence-corrected chi connectivity index (χ0v) is 10.5. The number of benzene rings is 1. The maximum Gasteiger partial charge on any atom is 0.185 e. The second-order valence-corrected chi connectivity index (χ2v) is 4.42. The molecular formula is C14H9ClN2O2. The molecule has 0 saturated heterocycles. The first-order valence-corrected chi connectivity index (χ1v) is 6.00. The van der Waals surface area contributed by atoms with E-state index >= 15 is 0 Å². The van der Waals surface area contributed by atoms with E-state index in [1.165, 1.54) is 0 Å². The predicted molar refractivity (Wildman–Crippen MR) is 72.1 cm³/mol. The molecule has 0 aliphatic carbocycles. The highest BCUT2D eigenvalue weighted by Gasteiger charge is 2.12. The Bertz CT molecular complexity index is 717. The second-order valence-electron chi connectivity index (χ2n) is 3.98. The number of rotatable bonds is 3. The smallest absolute Gasteiger partial charge is 0.185 e. The van der Waals surface area contributed by atoms with Gasteiger partial charge in [-0.1, -0.05) is 17.7 Å². The fourth-order valence-electron chi connectivity index (χ4n) is 1.92. The van der Waals surface area contributed by atoms with E-state index in [2.05, 4.69) is 10.2 Å². The quantitative estimate of drug-likeness (QED) is 0.738. The summed E-state index contributed by atoms with van der Waals surface area (Å²) in [6.45, 7) is 0. The second kappa shape index (κ2) is 4.74. The normalized spacial score (nSPS) is 10.6. The van der Waals surface area contributed by atoms with E-state index in [4.69, 9.17) is 16.0 Å². The van der Waals surface area contributed by atoms with Crippen LogP contribution in [0.15, 0.2) is 47.0 Å². The molecular weight excluding hydrogens is 264 g/mol. The molecule has 0 bridgehead atoms. The van der Waals surface area contributed by atoms with Crippen LogP contribution in [-0.4, -0.2) is 16.5 Å². The van der Waals surface area contributed by atoms with Crippen LogP contribution in [0.2, 0.25) is 5.02 Å². The highest BCUT2D eigenvalue weighted by molar-refractivity contribution is 6.31. The molecule has 1 N–H and O–H groups in total. The van der Waals surface area contributed by atoms with Crippen molar-refractivity contribution in [3.8, 4) is 22.6 Å². The molecule has 0 radical (unpaired) electrons. The van der Waals surface area contributed by atoms with Crippen LogP contribution in [-0.2, 0) is 0 Å². The molecule has 0 unspecified atom stereocenters. The number of hydrogen-bond acceptors (Lipinski definition) is 3.